The van der Waals surface area contributed by atoms with Crippen molar-refractivity contribution in [1.29, 1.82) is 0 Å². The summed E-state index contributed by atoms with van der Waals surface area (Å²) in [6.45, 7) is -1.15. The summed E-state index contributed by atoms with van der Waals surface area (Å²) in [7, 11) is 0. The van der Waals surface area contributed by atoms with Crippen LogP contribution in [0, 0.1) is 0 Å². The van der Waals surface area contributed by atoms with Crippen LogP contribution in [0.5, 0.6) is 0 Å². The Morgan fingerprint density at radius 3 is 2.67 bits per heavy atom. The lowest BCUT2D eigenvalue weighted by molar-refractivity contribution is -0.147. The van der Waals surface area contributed by atoms with E-state index in [2.05, 4.69) is 10.3 Å². The van der Waals surface area contributed by atoms with Gasteiger partial charge >= 0.3 is 12.1 Å². The molecule has 130 valence electrons. The van der Waals surface area contributed by atoms with Gasteiger partial charge in [0.05, 0.1) is 17.6 Å². The van der Waals surface area contributed by atoms with Gasteiger partial charge in [-0.15, -0.1) is 0 Å². The number of amides is 1. The molecular weight excluding hydrogens is 331 g/mol. The summed E-state index contributed by atoms with van der Waals surface area (Å²) >= 11 is 0. The highest BCUT2D eigenvalue weighted by Crippen LogP contribution is 2.31. The minimum atomic E-state index is -4.69. The van der Waals surface area contributed by atoms with Gasteiger partial charge in [-0.1, -0.05) is 12.1 Å². The number of carboxylic acid groups (broad SMARTS) is 1. The molecule has 0 aliphatic rings. The first-order chi connectivity index (χ1) is 11.3. The number of hydrogen-bond acceptors (Lipinski definition) is 4. The van der Waals surface area contributed by atoms with Gasteiger partial charge in [-0.3, -0.25) is 4.79 Å². The number of alkyl halides is 3. The van der Waals surface area contributed by atoms with Gasteiger partial charge in [-0.2, -0.15) is 13.2 Å². The van der Waals surface area contributed by atoms with Crippen molar-refractivity contribution in [2.24, 2.45) is 0 Å². The van der Waals surface area contributed by atoms with Crippen molar-refractivity contribution in [3.05, 3.63) is 30.1 Å². The van der Waals surface area contributed by atoms with Crippen molar-refractivity contribution in [2.45, 2.75) is 12.7 Å². The molecule has 1 aromatic carbocycles. The Morgan fingerprint density at radius 1 is 1.29 bits per heavy atom. The monoisotopic (exact) mass is 345 g/mol. The maximum atomic E-state index is 13.1. The van der Waals surface area contributed by atoms with E-state index >= 15 is 0 Å². The quantitative estimate of drug-likeness (QED) is 0.737. The number of carbonyl (C=O) groups excluding carboxylic acids is 1. The summed E-state index contributed by atoms with van der Waals surface area (Å²) in [6.07, 6.45) is -4.69. The van der Waals surface area contributed by atoms with Crippen LogP contribution in [0.2, 0.25) is 0 Å². The number of para-hydroxylation sites is 2. The highest BCUT2D eigenvalue weighted by Gasteiger charge is 2.37. The fourth-order valence-corrected chi connectivity index (χ4v) is 2.07. The van der Waals surface area contributed by atoms with Gasteiger partial charge in [0.2, 0.25) is 11.7 Å². The van der Waals surface area contributed by atoms with E-state index in [9.17, 15) is 22.8 Å². The zero-order valence-corrected chi connectivity index (χ0v) is 12.3. The number of hydrogen-bond donors (Lipinski definition) is 2. The average molecular weight is 345 g/mol. The van der Waals surface area contributed by atoms with E-state index in [-0.39, 0.29) is 24.2 Å². The molecule has 0 atom stereocenters. The van der Waals surface area contributed by atoms with E-state index in [0.29, 0.717) is 0 Å². The first kappa shape index (κ1) is 17.7. The van der Waals surface area contributed by atoms with E-state index in [4.69, 9.17) is 9.84 Å². The van der Waals surface area contributed by atoms with Crippen LogP contribution in [0.1, 0.15) is 5.82 Å². The second kappa shape index (κ2) is 7.30. The van der Waals surface area contributed by atoms with Crippen molar-refractivity contribution in [2.75, 3.05) is 19.8 Å². The van der Waals surface area contributed by atoms with E-state index in [0.717, 1.165) is 4.57 Å². The topological polar surface area (TPSA) is 93.5 Å². The molecule has 0 bridgehead atoms. The molecule has 2 aromatic rings. The number of imidazole rings is 1. The zero-order chi connectivity index (χ0) is 17.7. The third-order valence-corrected chi connectivity index (χ3v) is 3.00. The molecule has 0 aliphatic heterocycles. The average Bonchev–Trinajstić information content (AvgIpc) is 2.86. The molecule has 0 saturated heterocycles. The Hall–Kier alpha value is -2.62. The van der Waals surface area contributed by atoms with Gasteiger partial charge in [0.15, 0.2) is 0 Å². The Kier molecular flexibility index (Phi) is 5.39. The second-order valence-electron chi connectivity index (χ2n) is 4.80. The molecule has 1 amide bonds. The fraction of sp³-hybridized carbons (Fsp3) is 0.357. The van der Waals surface area contributed by atoms with Crippen molar-refractivity contribution in [1.82, 2.24) is 14.9 Å². The lowest BCUT2D eigenvalue weighted by atomic mass is 10.3. The number of ether oxygens (including phenoxy) is 1. The zero-order valence-electron chi connectivity index (χ0n) is 12.3. The maximum Gasteiger partial charge on any atom is 0.449 e. The Bertz CT molecular complexity index is 742. The van der Waals surface area contributed by atoms with Crippen LogP contribution < -0.4 is 5.32 Å². The van der Waals surface area contributed by atoms with Crippen LogP contribution in [-0.2, 0) is 27.0 Å². The summed E-state index contributed by atoms with van der Waals surface area (Å²) in [5, 5.41) is 10.7. The number of nitrogens with one attached hydrogen (secondary N) is 1. The maximum absolute atomic E-state index is 13.1. The number of aliphatic carboxylic acids is 1. The lowest BCUT2D eigenvalue weighted by Crippen LogP contribution is -2.32. The van der Waals surface area contributed by atoms with Crippen LogP contribution in [0.15, 0.2) is 24.3 Å². The SMILES string of the molecule is O=C(O)COCCNC(=O)Cn1c(C(F)(F)F)nc2ccccc21. The van der Waals surface area contributed by atoms with Crippen LogP contribution in [0.3, 0.4) is 0 Å². The predicted molar refractivity (Wildman–Crippen MR) is 76.2 cm³/mol. The third-order valence-electron chi connectivity index (χ3n) is 3.00. The molecule has 0 spiro atoms. The molecule has 0 fully saturated rings. The number of benzene rings is 1. The Labute approximate surface area is 134 Å². The number of carbonyl (C=O) groups is 2. The van der Waals surface area contributed by atoms with Crippen molar-refractivity contribution in [3.63, 3.8) is 0 Å². The van der Waals surface area contributed by atoms with Crippen LogP contribution >= 0.6 is 0 Å². The number of rotatable bonds is 7. The second-order valence-corrected chi connectivity index (χ2v) is 4.80. The molecule has 1 heterocycles. The molecule has 10 heteroatoms. The van der Waals surface area contributed by atoms with Gasteiger partial charge < -0.3 is 19.7 Å². The van der Waals surface area contributed by atoms with Crippen molar-refractivity contribution < 1.29 is 32.6 Å². The molecule has 0 aliphatic carbocycles. The van der Waals surface area contributed by atoms with Gasteiger partial charge in [0.25, 0.3) is 0 Å². The van der Waals surface area contributed by atoms with Gasteiger partial charge in [0, 0.05) is 6.54 Å². The normalized spacial score (nSPS) is 11.6. The first-order valence-corrected chi connectivity index (χ1v) is 6.87. The number of aromatic nitrogens is 2. The van der Waals surface area contributed by atoms with Gasteiger partial charge in [0.1, 0.15) is 13.2 Å². The van der Waals surface area contributed by atoms with Crippen LogP contribution in [0.4, 0.5) is 13.2 Å². The first-order valence-electron chi connectivity index (χ1n) is 6.87. The molecule has 2 rings (SSSR count). The predicted octanol–water partition coefficient (Wildman–Crippen LogP) is 1.27. The van der Waals surface area contributed by atoms with E-state index in [1.165, 1.54) is 12.1 Å². The molecule has 0 radical (unpaired) electrons. The van der Waals surface area contributed by atoms with Gasteiger partial charge in [-0.25, -0.2) is 9.78 Å². The molecular formula is C14H14F3N3O4. The van der Waals surface area contributed by atoms with E-state index in [1.807, 2.05) is 0 Å². The number of fused-ring (bicyclic) bond motifs is 1. The molecule has 0 unspecified atom stereocenters. The minimum Gasteiger partial charge on any atom is -0.480 e. The lowest BCUT2D eigenvalue weighted by Gasteiger charge is -2.11. The van der Waals surface area contributed by atoms with Crippen LogP contribution in [0.25, 0.3) is 11.0 Å². The standard InChI is InChI=1S/C14H14F3N3O4/c15-14(16,17)13-19-9-3-1-2-4-10(9)20(13)7-11(21)18-5-6-24-8-12(22)23/h1-4H,5-8H2,(H,18,21)(H,22,23). The summed E-state index contributed by atoms with van der Waals surface area (Å²) in [4.78, 5) is 25.6. The number of carboxylic acids is 1. The number of nitrogens with zero attached hydrogens (tertiary/aromatic N) is 2. The summed E-state index contributed by atoms with van der Waals surface area (Å²) in [5.74, 6) is -2.97. The summed E-state index contributed by atoms with van der Waals surface area (Å²) < 4.78 is 44.7. The highest BCUT2D eigenvalue weighted by molar-refractivity contribution is 5.81. The Morgan fingerprint density at radius 2 is 2.00 bits per heavy atom. The minimum absolute atomic E-state index is 0.0138. The summed E-state index contributed by atoms with van der Waals surface area (Å²) in [5.41, 5.74) is 0.338. The summed E-state index contributed by atoms with van der Waals surface area (Å²) in [6, 6.07) is 5.98. The highest BCUT2D eigenvalue weighted by atomic mass is 19.4. The van der Waals surface area contributed by atoms with Gasteiger partial charge in [-0.05, 0) is 12.1 Å². The van der Waals surface area contributed by atoms with Crippen molar-refractivity contribution in [3.8, 4) is 0 Å². The van der Waals surface area contributed by atoms with E-state index in [1.54, 1.807) is 12.1 Å². The van der Waals surface area contributed by atoms with E-state index < -0.39 is 37.0 Å². The molecule has 7 nitrogen and oxygen atoms in total. The molecule has 2 N–H and O–H groups in total. The largest absolute Gasteiger partial charge is 0.480 e. The Balaban J connectivity index is 2.05. The van der Waals surface area contributed by atoms with Crippen molar-refractivity contribution >= 4 is 22.9 Å². The number of halogens is 3. The molecule has 1 aromatic heterocycles. The smallest absolute Gasteiger partial charge is 0.449 e. The molecule has 0 saturated carbocycles. The fourth-order valence-electron chi connectivity index (χ4n) is 2.07. The molecule has 24 heavy (non-hydrogen) atoms. The third kappa shape index (κ3) is 4.44. The van der Waals surface area contributed by atoms with Crippen LogP contribution in [-0.4, -0.2) is 46.3 Å².